The molecule has 0 N–H and O–H groups in total. The summed E-state index contributed by atoms with van der Waals surface area (Å²) in [6, 6.07) is 3.11. The molecule has 2 saturated heterocycles. The first-order valence-electron chi connectivity index (χ1n) is 8.86. The van der Waals surface area contributed by atoms with Gasteiger partial charge >= 0.3 is 5.69 Å². The van der Waals surface area contributed by atoms with Gasteiger partial charge in [-0.2, -0.15) is 0 Å². The number of hydrogen-bond acceptors (Lipinski definition) is 10. The number of ether oxygens (including phenoxy) is 6. The number of benzene rings is 1. The van der Waals surface area contributed by atoms with Crippen molar-refractivity contribution in [3.8, 4) is 5.75 Å². The molecular weight excluding hydrogens is 392 g/mol. The second-order valence-electron chi connectivity index (χ2n) is 6.55. The van der Waals surface area contributed by atoms with Crippen LogP contribution in [0, 0.1) is 20.2 Å². The Morgan fingerprint density at radius 3 is 2.31 bits per heavy atom. The minimum absolute atomic E-state index is 0.188. The van der Waals surface area contributed by atoms with Gasteiger partial charge in [-0.3, -0.25) is 20.2 Å². The number of rotatable bonds is 7. The molecule has 2 fully saturated rings. The molecule has 2 aliphatic rings. The van der Waals surface area contributed by atoms with Gasteiger partial charge in [0.15, 0.2) is 0 Å². The van der Waals surface area contributed by atoms with E-state index in [9.17, 15) is 20.2 Å². The lowest BCUT2D eigenvalue weighted by Gasteiger charge is -2.48. The molecule has 6 atom stereocenters. The Morgan fingerprint density at radius 1 is 1.00 bits per heavy atom. The maximum Gasteiger partial charge on any atom is 0.317 e. The molecule has 0 amide bonds. The van der Waals surface area contributed by atoms with Crippen molar-refractivity contribution in [2.75, 3.05) is 27.9 Å². The Hall–Kier alpha value is -2.38. The van der Waals surface area contributed by atoms with Crippen LogP contribution in [0.4, 0.5) is 11.4 Å². The highest BCUT2D eigenvalue weighted by Crippen LogP contribution is 2.37. The molecule has 12 heteroatoms. The molecule has 0 saturated carbocycles. The quantitative estimate of drug-likeness (QED) is 0.475. The van der Waals surface area contributed by atoms with Crippen LogP contribution in [0.5, 0.6) is 5.75 Å². The predicted octanol–water partition coefficient (Wildman–Crippen LogP) is 1.44. The molecule has 0 unspecified atom stereocenters. The number of hydrogen-bond donors (Lipinski definition) is 0. The molecule has 2 aliphatic heterocycles. The zero-order chi connectivity index (χ0) is 21.1. The second-order valence-corrected chi connectivity index (χ2v) is 6.55. The number of methoxy groups -OCH3 is 3. The van der Waals surface area contributed by atoms with E-state index in [0.717, 1.165) is 18.2 Å². The molecule has 12 nitrogen and oxygen atoms in total. The van der Waals surface area contributed by atoms with Crippen molar-refractivity contribution in [3.05, 3.63) is 38.4 Å². The largest absolute Gasteiger partial charge is 0.455 e. The summed E-state index contributed by atoms with van der Waals surface area (Å²) in [5.41, 5.74) is -0.983. The highest BCUT2D eigenvalue weighted by molar-refractivity contribution is 5.53. The predicted molar refractivity (Wildman–Crippen MR) is 95.8 cm³/mol. The summed E-state index contributed by atoms with van der Waals surface area (Å²) in [5, 5.41) is 22.3. The molecule has 29 heavy (non-hydrogen) atoms. The van der Waals surface area contributed by atoms with Crippen LogP contribution in [0.3, 0.4) is 0 Å². The van der Waals surface area contributed by atoms with Crippen LogP contribution >= 0.6 is 0 Å². The van der Waals surface area contributed by atoms with Gasteiger partial charge in [0.25, 0.3) is 5.69 Å². The third-order valence-corrected chi connectivity index (χ3v) is 5.05. The summed E-state index contributed by atoms with van der Waals surface area (Å²) in [6.45, 7) is 0.457. The van der Waals surface area contributed by atoms with E-state index in [1.165, 1.54) is 14.2 Å². The number of nitrogens with zero attached hydrogens (tertiary/aromatic N) is 2. The Kier molecular flexibility index (Phi) is 6.59. The van der Waals surface area contributed by atoms with Crippen molar-refractivity contribution in [1.82, 2.24) is 0 Å². The Labute approximate surface area is 165 Å². The number of nitro groups is 2. The Morgan fingerprint density at radius 2 is 1.72 bits per heavy atom. The molecule has 1 aromatic rings. The zero-order valence-electron chi connectivity index (χ0n) is 16.1. The topological polar surface area (TPSA) is 142 Å². The van der Waals surface area contributed by atoms with E-state index in [-0.39, 0.29) is 11.9 Å². The van der Waals surface area contributed by atoms with Crippen LogP contribution in [0.1, 0.15) is 6.42 Å². The molecule has 3 rings (SSSR count). The Bertz CT molecular complexity index is 758. The van der Waals surface area contributed by atoms with E-state index in [1.807, 2.05) is 0 Å². The molecule has 0 aliphatic carbocycles. The van der Waals surface area contributed by atoms with E-state index in [1.54, 1.807) is 7.11 Å². The van der Waals surface area contributed by atoms with Crippen LogP contribution < -0.4 is 4.74 Å². The first-order chi connectivity index (χ1) is 13.9. The average molecular weight is 414 g/mol. The van der Waals surface area contributed by atoms with Crippen LogP contribution in [0.15, 0.2) is 18.2 Å². The average Bonchev–Trinajstić information content (AvgIpc) is 2.72. The van der Waals surface area contributed by atoms with Crippen molar-refractivity contribution in [3.63, 3.8) is 0 Å². The summed E-state index contributed by atoms with van der Waals surface area (Å²) in [6.07, 6.45) is -3.17. The Balaban J connectivity index is 1.92. The van der Waals surface area contributed by atoms with Gasteiger partial charge in [-0.1, -0.05) is 0 Å². The van der Waals surface area contributed by atoms with E-state index < -0.39 is 51.9 Å². The molecule has 2 heterocycles. The van der Waals surface area contributed by atoms with Crippen LogP contribution in [0.25, 0.3) is 0 Å². The fraction of sp³-hybridized carbons (Fsp3) is 0.647. The lowest BCUT2D eigenvalue weighted by Crippen LogP contribution is -2.65. The summed E-state index contributed by atoms with van der Waals surface area (Å²) in [7, 11) is 4.47. The monoisotopic (exact) mass is 414 g/mol. The molecule has 160 valence electrons. The molecular formula is C17H22N2O10. The van der Waals surface area contributed by atoms with Gasteiger partial charge < -0.3 is 28.4 Å². The van der Waals surface area contributed by atoms with Gasteiger partial charge in [0.2, 0.25) is 12.0 Å². The highest BCUT2D eigenvalue weighted by Gasteiger charge is 2.53. The van der Waals surface area contributed by atoms with Gasteiger partial charge in [-0.05, 0) is 12.5 Å². The van der Waals surface area contributed by atoms with Gasteiger partial charge in [0, 0.05) is 34.0 Å². The summed E-state index contributed by atoms with van der Waals surface area (Å²) in [5.74, 6) is -0.188. The van der Waals surface area contributed by atoms with Crippen LogP contribution in [0.2, 0.25) is 0 Å². The standard InChI is InChI=1S/C17H22N2O10/c1-24-12-6-7-27-15-13(12)29-17(16(26-3)14(15)25-2)28-11-5-4-9(18(20)21)8-10(11)19(22)23/h4-5,8,12-17H,6-7H2,1-3H3/t12-,13+,14-,15+,16+,17+/m0/s1. The first kappa shape index (κ1) is 21.3. The third kappa shape index (κ3) is 4.16. The maximum absolute atomic E-state index is 11.4. The van der Waals surface area contributed by atoms with E-state index in [0.29, 0.717) is 13.0 Å². The second kappa shape index (κ2) is 8.97. The van der Waals surface area contributed by atoms with Crippen molar-refractivity contribution in [2.24, 2.45) is 0 Å². The SMILES string of the molecule is CO[C@H]1[C@@H]2OCC[C@H](OC)[C@H]2O[C@@H](Oc2ccc([N+](=O)[O-])cc2[N+](=O)[O-])[C@@H]1OC. The maximum atomic E-state index is 11.4. The van der Waals surface area contributed by atoms with Crippen molar-refractivity contribution in [1.29, 1.82) is 0 Å². The van der Waals surface area contributed by atoms with Crippen LogP contribution in [-0.2, 0) is 23.7 Å². The minimum Gasteiger partial charge on any atom is -0.455 e. The molecule has 0 aromatic heterocycles. The fourth-order valence-corrected chi connectivity index (χ4v) is 3.66. The van der Waals surface area contributed by atoms with Gasteiger partial charge in [0.05, 0.1) is 22.0 Å². The summed E-state index contributed by atoms with van der Waals surface area (Å²) >= 11 is 0. The molecule has 1 aromatic carbocycles. The van der Waals surface area contributed by atoms with E-state index in [2.05, 4.69) is 0 Å². The van der Waals surface area contributed by atoms with Crippen molar-refractivity contribution < 1.29 is 38.3 Å². The third-order valence-electron chi connectivity index (χ3n) is 5.05. The van der Waals surface area contributed by atoms with E-state index in [4.69, 9.17) is 28.4 Å². The fourth-order valence-electron chi connectivity index (χ4n) is 3.66. The van der Waals surface area contributed by atoms with Gasteiger partial charge in [-0.25, -0.2) is 0 Å². The molecule has 0 radical (unpaired) electrons. The summed E-state index contributed by atoms with van der Waals surface area (Å²) < 4.78 is 34.1. The van der Waals surface area contributed by atoms with Crippen molar-refractivity contribution >= 4 is 11.4 Å². The zero-order valence-corrected chi connectivity index (χ0v) is 16.1. The number of non-ortho nitro benzene ring substituents is 1. The minimum atomic E-state index is -1.09. The number of fused-ring (bicyclic) bond motifs is 1. The molecule has 0 spiro atoms. The normalized spacial score (nSPS) is 31.7. The summed E-state index contributed by atoms with van der Waals surface area (Å²) in [4.78, 5) is 20.9. The molecule has 0 bridgehead atoms. The number of nitro benzene ring substituents is 2. The highest BCUT2D eigenvalue weighted by atomic mass is 16.7. The van der Waals surface area contributed by atoms with Crippen molar-refractivity contribution in [2.45, 2.75) is 43.2 Å². The first-order valence-corrected chi connectivity index (χ1v) is 8.86. The van der Waals surface area contributed by atoms with E-state index >= 15 is 0 Å². The lowest BCUT2D eigenvalue weighted by atomic mass is 9.91. The van der Waals surface area contributed by atoms with Crippen LogP contribution in [-0.4, -0.2) is 74.6 Å². The van der Waals surface area contributed by atoms with Gasteiger partial charge in [0.1, 0.15) is 24.4 Å². The smallest absolute Gasteiger partial charge is 0.317 e. The lowest BCUT2D eigenvalue weighted by molar-refractivity contribution is -0.395. The van der Waals surface area contributed by atoms with Gasteiger partial charge in [-0.15, -0.1) is 0 Å².